The predicted octanol–water partition coefficient (Wildman–Crippen LogP) is 6.15. The van der Waals surface area contributed by atoms with Gasteiger partial charge in [0, 0.05) is 23.1 Å². The van der Waals surface area contributed by atoms with Crippen molar-refractivity contribution in [3.63, 3.8) is 0 Å². The first-order valence-corrected chi connectivity index (χ1v) is 11.3. The van der Waals surface area contributed by atoms with Crippen LogP contribution in [0.15, 0.2) is 83.3 Å². The first-order chi connectivity index (χ1) is 15.0. The van der Waals surface area contributed by atoms with Crippen molar-refractivity contribution >= 4 is 32.9 Å². The summed E-state index contributed by atoms with van der Waals surface area (Å²) < 4.78 is 3.19. The number of carbonyl (C=O) groups is 1. The van der Waals surface area contributed by atoms with E-state index in [0.29, 0.717) is 24.6 Å². The highest BCUT2D eigenvalue weighted by atomic mass is 79.9. The number of nitrogens with zero attached hydrogens (tertiary/aromatic N) is 3. The van der Waals surface area contributed by atoms with Crippen molar-refractivity contribution in [1.82, 2.24) is 14.5 Å². The quantitative estimate of drug-likeness (QED) is 0.321. The number of carbonyl (C=O) groups excluding carboxylic acids is 1. The summed E-state index contributed by atoms with van der Waals surface area (Å²) >= 11 is 3.45. The number of halogens is 1. The molecule has 1 aromatic heterocycles. The van der Waals surface area contributed by atoms with E-state index in [4.69, 9.17) is 4.98 Å². The molecule has 0 saturated heterocycles. The summed E-state index contributed by atoms with van der Waals surface area (Å²) in [5.41, 5.74) is 3.94. The van der Waals surface area contributed by atoms with E-state index in [0.717, 1.165) is 27.9 Å². The average Bonchev–Trinajstić information content (AvgIpc) is 3.11. The second-order valence-corrected chi connectivity index (χ2v) is 9.09. The van der Waals surface area contributed by atoms with Crippen LogP contribution < -0.4 is 0 Å². The van der Waals surface area contributed by atoms with Crippen LogP contribution in [0.2, 0.25) is 0 Å². The Morgan fingerprint density at radius 1 is 0.968 bits per heavy atom. The fourth-order valence-electron chi connectivity index (χ4n) is 3.79. The van der Waals surface area contributed by atoms with E-state index in [1.807, 2.05) is 53.4 Å². The SMILES string of the molecule is CC(C)CN(Cc1nc2ccccc2n1Cc1ccccc1)C(=O)c1ccc(Br)cc1. The number of benzene rings is 3. The molecule has 4 rings (SSSR count). The standard InChI is InChI=1S/C26H26BrN3O/c1-19(2)16-29(26(31)21-12-14-22(27)15-13-21)18-25-28-23-10-6-7-11-24(23)30(25)17-20-8-4-3-5-9-20/h3-15,19H,16-18H2,1-2H3. The van der Waals surface area contributed by atoms with Crippen LogP contribution in [0, 0.1) is 5.92 Å². The van der Waals surface area contributed by atoms with Crippen molar-refractivity contribution in [2.24, 2.45) is 5.92 Å². The summed E-state index contributed by atoms with van der Waals surface area (Å²) in [6.07, 6.45) is 0. The van der Waals surface area contributed by atoms with Gasteiger partial charge in [-0.25, -0.2) is 4.98 Å². The first-order valence-electron chi connectivity index (χ1n) is 10.5. The topological polar surface area (TPSA) is 38.1 Å². The number of hydrogen-bond acceptors (Lipinski definition) is 2. The Kier molecular flexibility index (Phi) is 6.52. The molecule has 0 aliphatic heterocycles. The molecular formula is C26H26BrN3O. The first kappa shape index (κ1) is 21.3. The van der Waals surface area contributed by atoms with Crippen LogP contribution in [0.25, 0.3) is 11.0 Å². The monoisotopic (exact) mass is 475 g/mol. The Balaban J connectivity index is 1.70. The highest BCUT2D eigenvalue weighted by Gasteiger charge is 2.21. The van der Waals surface area contributed by atoms with E-state index in [2.05, 4.69) is 64.7 Å². The molecule has 0 aliphatic carbocycles. The van der Waals surface area contributed by atoms with Gasteiger partial charge in [-0.1, -0.05) is 72.2 Å². The van der Waals surface area contributed by atoms with Gasteiger partial charge in [0.25, 0.3) is 5.91 Å². The van der Waals surface area contributed by atoms with Gasteiger partial charge in [-0.3, -0.25) is 4.79 Å². The molecule has 1 heterocycles. The average molecular weight is 476 g/mol. The molecule has 158 valence electrons. The zero-order valence-electron chi connectivity index (χ0n) is 17.8. The summed E-state index contributed by atoms with van der Waals surface area (Å²) in [6.45, 7) is 6.13. The molecule has 0 aliphatic rings. The molecule has 5 heteroatoms. The van der Waals surface area contributed by atoms with Crippen molar-refractivity contribution < 1.29 is 4.79 Å². The zero-order valence-corrected chi connectivity index (χ0v) is 19.4. The fourth-order valence-corrected chi connectivity index (χ4v) is 4.06. The van der Waals surface area contributed by atoms with Crippen molar-refractivity contribution in [2.75, 3.05) is 6.54 Å². The molecule has 0 N–H and O–H groups in total. The lowest BCUT2D eigenvalue weighted by molar-refractivity contribution is 0.0716. The van der Waals surface area contributed by atoms with Crippen LogP contribution in [0.4, 0.5) is 0 Å². The highest BCUT2D eigenvalue weighted by molar-refractivity contribution is 9.10. The minimum absolute atomic E-state index is 0.0273. The van der Waals surface area contributed by atoms with Gasteiger partial charge in [0.05, 0.1) is 17.6 Å². The van der Waals surface area contributed by atoms with Gasteiger partial charge >= 0.3 is 0 Å². The van der Waals surface area contributed by atoms with Crippen LogP contribution in [-0.2, 0) is 13.1 Å². The van der Waals surface area contributed by atoms with Gasteiger partial charge in [0.1, 0.15) is 5.82 Å². The molecule has 31 heavy (non-hydrogen) atoms. The van der Waals surface area contributed by atoms with Crippen molar-refractivity contribution in [3.8, 4) is 0 Å². The number of rotatable bonds is 7. The van der Waals surface area contributed by atoms with Gasteiger partial charge in [0.2, 0.25) is 0 Å². The summed E-state index contributed by atoms with van der Waals surface area (Å²) in [6, 6.07) is 26.1. The van der Waals surface area contributed by atoms with Crippen LogP contribution in [0.5, 0.6) is 0 Å². The molecule has 0 radical (unpaired) electrons. The Hall–Kier alpha value is -2.92. The predicted molar refractivity (Wildman–Crippen MR) is 129 cm³/mol. The second kappa shape index (κ2) is 9.48. The fraction of sp³-hybridized carbons (Fsp3) is 0.231. The van der Waals surface area contributed by atoms with Crippen LogP contribution >= 0.6 is 15.9 Å². The lowest BCUT2D eigenvalue weighted by Crippen LogP contribution is -2.34. The van der Waals surface area contributed by atoms with Crippen LogP contribution in [0.1, 0.15) is 35.6 Å². The van der Waals surface area contributed by atoms with Crippen molar-refractivity contribution in [1.29, 1.82) is 0 Å². The third-order valence-electron chi connectivity index (χ3n) is 5.21. The smallest absolute Gasteiger partial charge is 0.254 e. The van der Waals surface area contributed by atoms with Gasteiger partial charge in [-0.15, -0.1) is 0 Å². The minimum atomic E-state index is 0.0273. The molecule has 0 unspecified atom stereocenters. The molecule has 0 atom stereocenters. The number of imidazole rings is 1. The number of hydrogen-bond donors (Lipinski definition) is 0. The van der Waals surface area contributed by atoms with Gasteiger partial charge in [-0.2, -0.15) is 0 Å². The lowest BCUT2D eigenvalue weighted by Gasteiger charge is -2.25. The molecule has 3 aromatic carbocycles. The summed E-state index contributed by atoms with van der Waals surface area (Å²) in [4.78, 5) is 20.2. The summed E-state index contributed by atoms with van der Waals surface area (Å²) in [7, 11) is 0. The normalized spacial score (nSPS) is 11.2. The van der Waals surface area contributed by atoms with E-state index >= 15 is 0 Å². The van der Waals surface area contributed by atoms with Crippen LogP contribution in [0.3, 0.4) is 0 Å². The maximum Gasteiger partial charge on any atom is 0.254 e. The van der Waals surface area contributed by atoms with Crippen molar-refractivity contribution in [3.05, 3.63) is 100 Å². The second-order valence-electron chi connectivity index (χ2n) is 8.17. The molecule has 0 fully saturated rings. The minimum Gasteiger partial charge on any atom is -0.331 e. The lowest BCUT2D eigenvalue weighted by atomic mass is 10.1. The molecule has 4 nitrogen and oxygen atoms in total. The van der Waals surface area contributed by atoms with Gasteiger partial charge in [-0.05, 0) is 47.9 Å². The third-order valence-corrected chi connectivity index (χ3v) is 5.74. The van der Waals surface area contributed by atoms with E-state index in [-0.39, 0.29) is 5.91 Å². The number of para-hydroxylation sites is 2. The van der Waals surface area contributed by atoms with Gasteiger partial charge < -0.3 is 9.47 Å². The Morgan fingerprint density at radius 3 is 2.35 bits per heavy atom. The van der Waals surface area contributed by atoms with Crippen molar-refractivity contribution in [2.45, 2.75) is 26.9 Å². The van der Waals surface area contributed by atoms with Gasteiger partial charge in [0.15, 0.2) is 0 Å². The third kappa shape index (κ3) is 5.05. The Morgan fingerprint density at radius 2 is 1.65 bits per heavy atom. The van der Waals surface area contributed by atoms with E-state index < -0.39 is 0 Å². The molecule has 1 amide bonds. The Bertz CT molecular complexity index is 1170. The zero-order chi connectivity index (χ0) is 21.8. The van der Waals surface area contributed by atoms with E-state index in [9.17, 15) is 4.79 Å². The van der Waals surface area contributed by atoms with E-state index in [1.54, 1.807) is 0 Å². The molecule has 4 aromatic rings. The maximum atomic E-state index is 13.4. The maximum absolute atomic E-state index is 13.4. The Labute approximate surface area is 191 Å². The largest absolute Gasteiger partial charge is 0.331 e. The molecule has 0 saturated carbocycles. The molecule has 0 spiro atoms. The summed E-state index contributed by atoms with van der Waals surface area (Å²) in [5, 5.41) is 0. The number of aromatic nitrogens is 2. The van der Waals surface area contributed by atoms with E-state index in [1.165, 1.54) is 5.56 Å². The number of fused-ring (bicyclic) bond motifs is 1. The molecule has 0 bridgehead atoms. The van der Waals surface area contributed by atoms with Crippen LogP contribution in [-0.4, -0.2) is 26.9 Å². The molecular weight excluding hydrogens is 450 g/mol. The highest BCUT2D eigenvalue weighted by Crippen LogP contribution is 2.21. The summed E-state index contributed by atoms with van der Waals surface area (Å²) in [5.74, 6) is 1.28. The number of amides is 1.